The van der Waals surface area contributed by atoms with Gasteiger partial charge < -0.3 is 23.5 Å². The van der Waals surface area contributed by atoms with Crippen LogP contribution in [0.1, 0.15) is 22.4 Å². The largest absolute Gasteiger partial charge is 0.609 e. The Kier molecular flexibility index (Phi) is 11.1. The predicted molar refractivity (Wildman–Crippen MR) is 185 cm³/mol. The van der Waals surface area contributed by atoms with E-state index in [1.165, 1.54) is 56.7 Å². The van der Waals surface area contributed by atoms with Gasteiger partial charge in [0.15, 0.2) is 22.2 Å². The highest BCUT2D eigenvalue weighted by Gasteiger charge is 2.32. The van der Waals surface area contributed by atoms with Crippen molar-refractivity contribution in [3.63, 3.8) is 0 Å². The number of carbonyl (C=O) groups is 1. The zero-order valence-electron chi connectivity index (χ0n) is 27.9. The summed E-state index contributed by atoms with van der Waals surface area (Å²) in [6, 6.07) is 16.3. The van der Waals surface area contributed by atoms with Gasteiger partial charge in [0.25, 0.3) is 10.0 Å². The van der Waals surface area contributed by atoms with E-state index in [1.54, 1.807) is 37.4 Å². The van der Waals surface area contributed by atoms with Crippen LogP contribution >= 0.6 is 0 Å². The second-order valence-electron chi connectivity index (χ2n) is 11.2. The number of imidazole rings is 1. The molecule has 0 N–H and O–H groups in total. The maximum Gasteiger partial charge on any atom is 0.344 e. The Hall–Kier alpha value is -4.64. The van der Waals surface area contributed by atoms with E-state index in [2.05, 4.69) is 9.97 Å². The van der Waals surface area contributed by atoms with Gasteiger partial charge in [-0.25, -0.2) is 21.6 Å². The molecule has 1 atom stereocenters. The number of hydrogen-bond acceptors (Lipinski definition) is 12. The van der Waals surface area contributed by atoms with Gasteiger partial charge in [0, 0.05) is 34.6 Å². The lowest BCUT2D eigenvalue weighted by Crippen LogP contribution is -2.21. The summed E-state index contributed by atoms with van der Waals surface area (Å²) in [6.45, 7) is 4.57. The van der Waals surface area contributed by atoms with Gasteiger partial charge in [0.1, 0.15) is 23.9 Å². The molecule has 1 unspecified atom stereocenters. The number of pyridine rings is 1. The first kappa shape index (κ1) is 36.6. The quantitative estimate of drug-likeness (QED) is 0.117. The predicted octanol–water partition coefficient (Wildman–Crippen LogP) is 4.31. The minimum Gasteiger partial charge on any atom is -0.609 e. The number of methoxy groups -OCH3 is 2. The Labute approximate surface area is 293 Å². The zero-order valence-corrected chi connectivity index (χ0v) is 30.4. The van der Waals surface area contributed by atoms with E-state index in [0.717, 1.165) is 15.1 Å². The van der Waals surface area contributed by atoms with Crippen molar-refractivity contribution in [1.82, 2.24) is 13.9 Å². The van der Waals surface area contributed by atoms with E-state index in [1.807, 2.05) is 13.8 Å². The number of ether oxygens (including phenoxy) is 4. The number of sulfone groups is 1. The van der Waals surface area contributed by atoms with E-state index in [4.69, 9.17) is 18.9 Å². The topological polar surface area (TPSA) is 176 Å². The van der Waals surface area contributed by atoms with Crippen LogP contribution in [0.5, 0.6) is 17.2 Å². The molecule has 0 amide bonds. The minimum atomic E-state index is -4.37. The van der Waals surface area contributed by atoms with Crippen molar-refractivity contribution in [2.75, 3.05) is 33.2 Å². The third kappa shape index (κ3) is 7.88. The summed E-state index contributed by atoms with van der Waals surface area (Å²) in [6.07, 6.45) is 1.60. The maximum absolute atomic E-state index is 14.1. The summed E-state index contributed by atoms with van der Waals surface area (Å²) in [5.74, 6) is -0.132. The van der Waals surface area contributed by atoms with Gasteiger partial charge >= 0.3 is 11.1 Å². The number of carbonyl (C=O) groups excluding carboxylic acids is 1. The molecule has 50 heavy (non-hydrogen) atoms. The molecule has 16 heteroatoms. The van der Waals surface area contributed by atoms with Crippen LogP contribution in [0, 0.1) is 20.8 Å². The molecule has 13 nitrogen and oxygen atoms in total. The Balaban J connectivity index is 1.32. The van der Waals surface area contributed by atoms with Gasteiger partial charge in [-0.2, -0.15) is 8.96 Å². The van der Waals surface area contributed by atoms with E-state index in [0.29, 0.717) is 22.8 Å². The second kappa shape index (κ2) is 15.1. The van der Waals surface area contributed by atoms with Crippen LogP contribution in [-0.2, 0) is 46.3 Å². The van der Waals surface area contributed by atoms with Crippen LogP contribution in [0.4, 0.5) is 0 Å². The average Bonchev–Trinajstić information content (AvgIpc) is 3.49. The molecule has 0 aliphatic rings. The molecule has 0 aliphatic heterocycles. The molecule has 264 valence electrons. The number of rotatable bonds is 14. The highest BCUT2D eigenvalue weighted by molar-refractivity contribution is 7.93. The molecule has 0 saturated carbocycles. The molecule has 5 aromatic rings. The summed E-state index contributed by atoms with van der Waals surface area (Å²) in [4.78, 5) is 21.1. The molecule has 0 spiro atoms. The normalized spacial score (nSPS) is 12.4. The van der Waals surface area contributed by atoms with Gasteiger partial charge in [-0.15, -0.1) is 0 Å². The van der Waals surface area contributed by atoms with Gasteiger partial charge in [0.2, 0.25) is 0 Å². The van der Waals surface area contributed by atoms with Gasteiger partial charge in [-0.1, -0.05) is 17.7 Å². The molecule has 2 aromatic heterocycles. The van der Waals surface area contributed by atoms with Gasteiger partial charge in [-0.3, -0.25) is 4.98 Å². The van der Waals surface area contributed by atoms with Crippen LogP contribution in [0.15, 0.2) is 87.9 Å². The number of nitrogens with zero attached hydrogens (tertiary/aromatic N) is 3. The number of aromatic nitrogens is 3. The first-order valence-electron chi connectivity index (χ1n) is 15.1. The molecular formula is C34H35N3O10S3. The van der Waals surface area contributed by atoms with Crippen LogP contribution < -0.4 is 14.2 Å². The van der Waals surface area contributed by atoms with E-state index in [9.17, 15) is 26.2 Å². The Bertz CT molecular complexity index is 2240. The number of benzene rings is 3. The highest BCUT2D eigenvalue weighted by Crippen LogP contribution is 2.32. The van der Waals surface area contributed by atoms with Crippen LogP contribution in [-0.4, -0.2) is 74.5 Å². The van der Waals surface area contributed by atoms with Crippen molar-refractivity contribution in [3.05, 3.63) is 95.3 Å². The third-order valence-corrected chi connectivity index (χ3v) is 12.5. The first-order chi connectivity index (χ1) is 23.7. The fraction of sp³-hybridized carbons (Fsp3) is 0.265. The standard InChI is InChI=1S/C34H35N3O10S3/c1-22-6-11-27(12-7-22)49(40,41)17-16-46-32(38)20-47-25-8-13-28(14-9-25)50(42,43)37-31-15-10-26(44-4)18-29(31)36-34(37)48(39)21-30-24(3)33(45-5)23(2)19-35-30/h6-15,18-19H,16-17,20-21H2,1-5H3. The molecule has 2 heterocycles. The molecule has 0 aliphatic carbocycles. The van der Waals surface area contributed by atoms with Crippen molar-refractivity contribution < 1.29 is 45.1 Å². The molecule has 0 radical (unpaired) electrons. The lowest BCUT2D eigenvalue weighted by Gasteiger charge is -2.15. The SMILES string of the molecule is COc1ccc2c(c1)nc([S+]([O-])Cc1ncc(C)c(OC)c1C)n2S(=O)(=O)c1ccc(OCC(=O)OCCS(=O)(=O)c2ccc(C)cc2)cc1. The lowest BCUT2D eigenvalue weighted by molar-refractivity contribution is -0.145. The molecule has 3 aromatic carbocycles. The smallest absolute Gasteiger partial charge is 0.344 e. The van der Waals surface area contributed by atoms with Crippen molar-refractivity contribution in [2.24, 2.45) is 0 Å². The van der Waals surface area contributed by atoms with Gasteiger partial charge in [0.05, 0.1) is 46.5 Å². The third-order valence-electron chi connectivity index (χ3n) is 7.73. The fourth-order valence-electron chi connectivity index (χ4n) is 5.05. The van der Waals surface area contributed by atoms with Gasteiger partial charge in [-0.05, 0) is 69.3 Å². The first-order valence-corrected chi connectivity index (χ1v) is 19.5. The number of esters is 1. The van der Waals surface area contributed by atoms with Crippen molar-refractivity contribution in [2.45, 2.75) is 41.5 Å². The summed E-state index contributed by atoms with van der Waals surface area (Å²) in [5.41, 5.74) is 3.31. The highest BCUT2D eigenvalue weighted by atomic mass is 32.2. The van der Waals surface area contributed by atoms with E-state index < -0.39 is 49.4 Å². The number of aryl methyl sites for hydroxylation is 2. The average molecular weight is 742 g/mol. The summed E-state index contributed by atoms with van der Waals surface area (Å²) < 4.78 is 89.2. The molecule has 5 rings (SSSR count). The molecular weight excluding hydrogens is 707 g/mol. The fourth-order valence-corrected chi connectivity index (χ4v) is 9.19. The Morgan fingerprint density at radius 1 is 0.880 bits per heavy atom. The monoisotopic (exact) mass is 741 g/mol. The van der Waals surface area contributed by atoms with Crippen molar-refractivity contribution in [3.8, 4) is 17.2 Å². The molecule has 0 fully saturated rings. The van der Waals surface area contributed by atoms with Crippen molar-refractivity contribution in [1.29, 1.82) is 0 Å². The summed E-state index contributed by atoms with van der Waals surface area (Å²) in [5, 5.41) is -0.207. The number of fused-ring (bicyclic) bond motifs is 1. The Morgan fingerprint density at radius 2 is 1.54 bits per heavy atom. The van der Waals surface area contributed by atoms with Crippen LogP contribution in [0.25, 0.3) is 11.0 Å². The second-order valence-corrected chi connectivity index (χ2v) is 16.4. The zero-order chi connectivity index (χ0) is 36.2. The van der Waals surface area contributed by atoms with Crippen LogP contribution in [0.2, 0.25) is 0 Å². The lowest BCUT2D eigenvalue weighted by atomic mass is 10.1. The van der Waals surface area contributed by atoms with Crippen LogP contribution in [0.3, 0.4) is 0 Å². The summed E-state index contributed by atoms with van der Waals surface area (Å²) in [7, 11) is -5.01. The van der Waals surface area contributed by atoms with Crippen molar-refractivity contribution >= 4 is 48.0 Å². The minimum absolute atomic E-state index is 0.126. The summed E-state index contributed by atoms with van der Waals surface area (Å²) >= 11 is -1.97. The number of hydrogen-bond donors (Lipinski definition) is 0. The van der Waals surface area contributed by atoms with E-state index in [-0.39, 0.29) is 44.1 Å². The molecule has 0 saturated heterocycles. The Morgan fingerprint density at radius 3 is 2.20 bits per heavy atom. The molecule has 0 bridgehead atoms. The van der Waals surface area contributed by atoms with E-state index >= 15 is 0 Å². The maximum atomic E-state index is 14.1.